The third kappa shape index (κ3) is 3.17. The van der Waals surface area contributed by atoms with Gasteiger partial charge >= 0.3 is 0 Å². The van der Waals surface area contributed by atoms with Crippen LogP contribution in [0, 0.1) is 5.92 Å². The van der Waals surface area contributed by atoms with E-state index in [4.69, 9.17) is 0 Å². The fourth-order valence-corrected chi connectivity index (χ4v) is 2.40. The Hall–Kier alpha value is -1.88. The van der Waals surface area contributed by atoms with E-state index in [2.05, 4.69) is 5.32 Å². The molecule has 1 aliphatic heterocycles. The number of nitrogens with one attached hydrogen (secondary N) is 1. The van der Waals surface area contributed by atoms with E-state index in [9.17, 15) is 14.8 Å². The topological polar surface area (TPSA) is 69.6 Å². The highest BCUT2D eigenvalue weighted by Crippen LogP contribution is 2.17. The van der Waals surface area contributed by atoms with E-state index in [1.54, 1.807) is 0 Å². The van der Waals surface area contributed by atoms with Gasteiger partial charge in [0, 0.05) is 6.42 Å². The predicted molar refractivity (Wildman–Crippen MR) is 74.0 cm³/mol. The standard InChI is InChI=1S/C15H20N2O3/c1-10(2)8-13-14(18)16-12(15(19)17(13)20)9-11-6-4-3-5-7-11/h3-7,10,12-13,20H,8-9H2,1-2H3,(H,16,18)/t12-,13-/m0/s1. The zero-order valence-electron chi connectivity index (χ0n) is 11.7. The van der Waals surface area contributed by atoms with Crippen molar-refractivity contribution < 1.29 is 14.8 Å². The highest BCUT2D eigenvalue weighted by atomic mass is 16.5. The predicted octanol–water partition coefficient (Wildman–Crippen LogP) is 1.36. The van der Waals surface area contributed by atoms with Gasteiger partial charge in [-0.05, 0) is 17.9 Å². The quantitative estimate of drug-likeness (QED) is 0.816. The largest absolute Gasteiger partial charge is 0.342 e. The molecular formula is C15H20N2O3. The summed E-state index contributed by atoms with van der Waals surface area (Å²) in [5.41, 5.74) is 0.946. The van der Waals surface area contributed by atoms with Crippen molar-refractivity contribution in [3.63, 3.8) is 0 Å². The third-order valence-electron chi connectivity index (χ3n) is 3.42. The van der Waals surface area contributed by atoms with Crippen molar-refractivity contribution in [3.8, 4) is 0 Å². The molecule has 2 atom stereocenters. The molecule has 0 radical (unpaired) electrons. The Morgan fingerprint density at radius 2 is 1.90 bits per heavy atom. The van der Waals surface area contributed by atoms with Crippen molar-refractivity contribution >= 4 is 11.8 Å². The molecule has 1 aliphatic rings. The van der Waals surface area contributed by atoms with Crippen LogP contribution in [0.4, 0.5) is 0 Å². The molecule has 5 nitrogen and oxygen atoms in total. The smallest absolute Gasteiger partial charge is 0.269 e. The molecule has 0 spiro atoms. The van der Waals surface area contributed by atoms with Gasteiger partial charge in [0.1, 0.15) is 12.1 Å². The second-order valence-corrected chi connectivity index (χ2v) is 5.58. The van der Waals surface area contributed by atoms with Crippen LogP contribution in [0.1, 0.15) is 25.8 Å². The Bertz CT molecular complexity index is 487. The molecule has 1 aromatic rings. The minimum absolute atomic E-state index is 0.221. The van der Waals surface area contributed by atoms with Crippen LogP contribution >= 0.6 is 0 Å². The van der Waals surface area contributed by atoms with Crippen LogP contribution < -0.4 is 5.32 Å². The molecule has 0 bridgehead atoms. The average molecular weight is 276 g/mol. The monoisotopic (exact) mass is 276 g/mol. The van der Waals surface area contributed by atoms with Gasteiger partial charge in [-0.1, -0.05) is 44.2 Å². The van der Waals surface area contributed by atoms with Crippen molar-refractivity contribution in [2.24, 2.45) is 5.92 Å². The molecular weight excluding hydrogens is 256 g/mol. The van der Waals surface area contributed by atoms with E-state index in [0.717, 1.165) is 5.56 Å². The van der Waals surface area contributed by atoms with Crippen LogP contribution in [0.5, 0.6) is 0 Å². The van der Waals surface area contributed by atoms with Crippen molar-refractivity contribution in [1.29, 1.82) is 0 Å². The molecule has 0 aliphatic carbocycles. The lowest BCUT2D eigenvalue weighted by Crippen LogP contribution is -2.63. The van der Waals surface area contributed by atoms with Crippen LogP contribution in [0.25, 0.3) is 0 Å². The maximum absolute atomic E-state index is 12.1. The highest BCUT2D eigenvalue weighted by Gasteiger charge is 2.40. The van der Waals surface area contributed by atoms with Crippen LogP contribution in [0.15, 0.2) is 30.3 Å². The number of rotatable bonds is 4. The number of benzene rings is 1. The lowest BCUT2D eigenvalue weighted by Gasteiger charge is -2.35. The fraction of sp³-hybridized carbons (Fsp3) is 0.467. The van der Waals surface area contributed by atoms with Gasteiger partial charge in [-0.15, -0.1) is 0 Å². The van der Waals surface area contributed by atoms with E-state index in [-0.39, 0.29) is 11.8 Å². The first-order valence-corrected chi connectivity index (χ1v) is 6.85. The normalized spacial score (nSPS) is 23.1. The van der Waals surface area contributed by atoms with Crippen molar-refractivity contribution in [3.05, 3.63) is 35.9 Å². The number of hydrogen-bond acceptors (Lipinski definition) is 3. The summed E-state index contributed by atoms with van der Waals surface area (Å²) in [5.74, 6) is -0.514. The van der Waals surface area contributed by atoms with Crippen molar-refractivity contribution in [2.45, 2.75) is 38.8 Å². The molecule has 1 heterocycles. The Morgan fingerprint density at radius 3 is 2.50 bits per heavy atom. The van der Waals surface area contributed by atoms with Gasteiger partial charge < -0.3 is 5.32 Å². The Morgan fingerprint density at radius 1 is 1.25 bits per heavy atom. The van der Waals surface area contributed by atoms with E-state index in [1.165, 1.54) is 0 Å². The van der Waals surface area contributed by atoms with E-state index < -0.39 is 18.0 Å². The lowest BCUT2D eigenvalue weighted by molar-refractivity contribution is -0.190. The van der Waals surface area contributed by atoms with Crippen molar-refractivity contribution in [2.75, 3.05) is 0 Å². The molecule has 2 amide bonds. The number of piperazine rings is 1. The van der Waals surface area contributed by atoms with Gasteiger partial charge in [0.15, 0.2) is 0 Å². The SMILES string of the molecule is CC(C)C[C@H]1C(=O)N[C@@H](Cc2ccccc2)C(=O)N1O. The zero-order valence-corrected chi connectivity index (χ0v) is 11.7. The molecule has 1 aromatic carbocycles. The van der Waals surface area contributed by atoms with Crippen molar-refractivity contribution in [1.82, 2.24) is 10.4 Å². The summed E-state index contributed by atoms with van der Waals surface area (Å²) in [7, 11) is 0. The summed E-state index contributed by atoms with van der Waals surface area (Å²) in [6.45, 7) is 3.89. The molecule has 108 valence electrons. The van der Waals surface area contributed by atoms with Gasteiger partial charge in [0.2, 0.25) is 5.91 Å². The van der Waals surface area contributed by atoms with E-state index in [1.807, 2.05) is 44.2 Å². The Labute approximate surface area is 118 Å². The van der Waals surface area contributed by atoms with E-state index >= 15 is 0 Å². The summed E-state index contributed by atoms with van der Waals surface area (Å²) in [4.78, 5) is 24.1. The van der Waals surface area contributed by atoms with Gasteiger partial charge in [-0.25, -0.2) is 5.06 Å². The molecule has 0 unspecified atom stereocenters. The molecule has 1 saturated heterocycles. The number of carbonyl (C=O) groups excluding carboxylic acids is 2. The fourth-order valence-electron chi connectivity index (χ4n) is 2.40. The Balaban J connectivity index is 2.08. The summed E-state index contributed by atoms with van der Waals surface area (Å²) in [6.07, 6.45) is 0.836. The van der Waals surface area contributed by atoms with Crippen LogP contribution in [-0.4, -0.2) is 34.2 Å². The first-order valence-electron chi connectivity index (χ1n) is 6.85. The minimum atomic E-state index is -0.783. The molecule has 2 rings (SSSR count). The van der Waals surface area contributed by atoms with Gasteiger partial charge in [-0.2, -0.15) is 0 Å². The van der Waals surface area contributed by atoms with Gasteiger partial charge in [0.25, 0.3) is 5.91 Å². The Kier molecular flexibility index (Phi) is 4.39. The second-order valence-electron chi connectivity index (χ2n) is 5.58. The van der Waals surface area contributed by atoms with Gasteiger partial charge in [0.05, 0.1) is 0 Å². The number of hydroxylamine groups is 2. The lowest BCUT2D eigenvalue weighted by atomic mass is 9.97. The minimum Gasteiger partial charge on any atom is -0.342 e. The maximum atomic E-state index is 12.1. The van der Waals surface area contributed by atoms with Crippen LogP contribution in [-0.2, 0) is 16.0 Å². The average Bonchev–Trinajstić information content (AvgIpc) is 2.42. The highest BCUT2D eigenvalue weighted by molar-refractivity contribution is 5.96. The molecule has 5 heteroatoms. The van der Waals surface area contributed by atoms with Gasteiger partial charge in [-0.3, -0.25) is 14.8 Å². The number of amides is 2. The molecule has 2 N–H and O–H groups in total. The number of hydrogen-bond donors (Lipinski definition) is 2. The zero-order chi connectivity index (χ0) is 14.7. The van der Waals surface area contributed by atoms with Crippen LogP contribution in [0.2, 0.25) is 0 Å². The van der Waals surface area contributed by atoms with Crippen LogP contribution in [0.3, 0.4) is 0 Å². The first kappa shape index (κ1) is 14.5. The maximum Gasteiger partial charge on any atom is 0.269 e. The van der Waals surface area contributed by atoms with E-state index in [0.29, 0.717) is 17.9 Å². The summed E-state index contributed by atoms with van der Waals surface area (Å²) in [6, 6.07) is 7.95. The molecule has 0 saturated carbocycles. The second kappa shape index (κ2) is 6.05. The molecule has 1 fully saturated rings. The summed E-state index contributed by atoms with van der Waals surface area (Å²) < 4.78 is 0. The molecule has 0 aromatic heterocycles. The summed E-state index contributed by atoms with van der Waals surface area (Å²) >= 11 is 0. The first-order chi connectivity index (χ1) is 9.49. The number of nitrogens with zero attached hydrogens (tertiary/aromatic N) is 1. The number of carbonyl (C=O) groups is 2. The molecule has 20 heavy (non-hydrogen) atoms. The third-order valence-corrected chi connectivity index (χ3v) is 3.42. The summed E-state index contributed by atoms with van der Waals surface area (Å²) in [5, 5.41) is 13.2.